The van der Waals surface area contributed by atoms with Gasteiger partial charge in [0.05, 0.1) is 20.3 Å². The minimum Gasteiger partial charge on any atom is -0.493 e. The van der Waals surface area contributed by atoms with Gasteiger partial charge in [-0.1, -0.05) is 12.1 Å². The van der Waals surface area contributed by atoms with Crippen molar-refractivity contribution in [2.24, 2.45) is 5.92 Å². The lowest BCUT2D eigenvalue weighted by Gasteiger charge is -2.22. The average Bonchev–Trinajstić information content (AvgIpc) is 3.53. The highest BCUT2D eigenvalue weighted by atomic mass is 16.5. The van der Waals surface area contributed by atoms with Gasteiger partial charge in [-0.15, -0.1) is 10.2 Å². The summed E-state index contributed by atoms with van der Waals surface area (Å²) in [7, 11) is 3.33. The number of carbonyl (C=O) groups is 1. The van der Waals surface area contributed by atoms with Gasteiger partial charge in [0, 0.05) is 44.1 Å². The fraction of sp³-hybridized carbons (Fsp3) is 0.571. The van der Waals surface area contributed by atoms with E-state index in [-0.39, 0.29) is 17.9 Å². The van der Waals surface area contributed by atoms with Gasteiger partial charge in [-0.25, -0.2) is 0 Å². The maximum atomic E-state index is 12.1. The van der Waals surface area contributed by atoms with Crippen LogP contribution in [-0.4, -0.2) is 52.9 Å². The van der Waals surface area contributed by atoms with Crippen molar-refractivity contribution in [1.29, 1.82) is 0 Å². The monoisotopic (exact) mass is 399 g/mol. The standard InChI is InChI=1S/C21H29N5O3/c1-14(22-21(27)15-7-8-15)20-24-23-18-9-10-25(11-12-26(18)20)13-16-5-4-6-17(28-2)19(16)29-3/h4-6,14-15H,7-13H2,1-3H3,(H,22,27). The number of ether oxygens (including phenoxy) is 2. The lowest BCUT2D eigenvalue weighted by Crippen LogP contribution is -2.31. The van der Waals surface area contributed by atoms with Gasteiger partial charge in [-0.2, -0.15) is 0 Å². The largest absolute Gasteiger partial charge is 0.493 e. The highest BCUT2D eigenvalue weighted by Gasteiger charge is 2.31. The molecule has 1 fully saturated rings. The Bertz CT molecular complexity index is 877. The van der Waals surface area contributed by atoms with Crippen LogP contribution in [0.1, 0.15) is 43.0 Å². The third-order valence-electron chi connectivity index (χ3n) is 5.72. The van der Waals surface area contributed by atoms with Crippen molar-refractivity contribution < 1.29 is 14.3 Å². The van der Waals surface area contributed by atoms with Gasteiger partial charge in [0.1, 0.15) is 5.82 Å². The van der Waals surface area contributed by atoms with E-state index in [1.54, 1.807) is 14.2 Å². The Morgan fingerprint density at radius 3 is 2.76 bits per heavy atom. The number of hydrogen-bond donors (Lipinski definition) is 1. The quantitative estimate of drug-likeness (QED) is 0.766. The second kappa shape index (κ2) is 8.41. The van der Waals surface area contributed by atoms with Crippen LogP contribution in [0.2, 0.25) is 0 Å². The zero-order chi connectivity index (χ0) is 20.4. The number of nitrogens with zero attached hydrogens (tertiary/aromatic N) is 4. The summed E-state index contributed by atoms with van der Waals surface area (Å²) in [6.45, 7) is 5.33. The molecule has 1 saturated carbocycles. The van der Waals surface area contributed by atoms with E-state index >= 15 is 0 Å². The smallest absolute Gasteiger partial charge is 0.223 e. The number of carbonyl (C=O) groups excluding carboxylic acids is 1. The molecule has 2 aromatic rings. The molecule has 1 unspecified atom stereocenters. The topological polar surface area (TPSA) is 81.5 Å². The summed E-state index contributed by atoms with van der Waals surface area (Å²) in [5.41, 5.74) is 1.11. The van der Waals surface area contributed by atoms with Crippen LogP contribution in [-0.2, 0) is 24.3 Å². The number of amides is 1. The number of hydrogen-bond acceptors (Lipinski definition) is 6. The van der Waals surface area contributed by atoms with Crippen LogP contribution in [0.4, 0.5) is 0 Å². The molecule has 1 aliphatic heterocycles. The maximum absolute atomic E-state index is 12.1. The SMILES string of the molecule is COc1cccc(CN2CCc3nnc(C(C)NC(=O)C4CC4)n3CC2)c1OC. The second-order valence-corrected chi connectivity index (χ2v) is 7.81. The summed E-state index contributed by atoms with van der Waals surface area (Å²) < 4.78 is 13.2. The summed E-state index contributed by atoms with van der Waals surface area (Å²) in [5.74, 6) is 3.69. The highest BCUT2D eigenvalue weighted by molar-refractivity contribution is 5.81. The van der Waals surface area contributed by atoms with Gasteiger partial charge in [0.15, 0.2) is 17.3 Å². The molecule has 4 rings (SSSR count). The minimum atomic E-state index is -0.130. The van der Waals surface area contributed by atoms with E-state index in [9.17, 15) is 4.79 Å². The number of para-hydroxylation sites is 1. The molecule has 0 spiro atoms. The van der Waals surface area contributed by atoms with Gasteiger partial charge >= 0.3 is 0 Å². The molecule has 2 heterocycles. The van der Waals surface area contributed by atoms with E-state index < -0.39 is 0 Å². The Kier molecular flexibility index (Phi) is 5.71. The first kappa shape index (κ1) is 19.7. The lowest BCUT2D eigenvalue weighted by atomic mass is 10.1. The lowest BCUT2D eigenvalue weighted by molar-refractivity contribution is -0.123. The zero-order valence-corrected chi connectivity index (χ0v) is 17.4. The molecule has 2 aliphatic rings. The molecule has 1 aromatic carbocycles. The number of nitrogens with one attached hydrogen (secondary N) is 1. The molecule has 0 radical (unpaired) electrons. The number of benzene rings is 1. The van der Waals surface area contributed by atoms with Crippen molar-refractivity contribution in [3.63, 3.8) is 0 Å². The van der Waals surface area contributed by atoms with Crippen LogP contribution in [0.3, 0.4) is 0 Å². The molecular formula is C21H29N5O3. The van der Waals surface area contributed by atoms with E-state index in [0.29, 0.717) is 0 Å². The van der Waals surface area contributed by atoms with Gasteiger partial charge in [-0.05, 0) is 25.8 Å². The van der Waals surface area contributed by atoms with Crippen LogP contribution in [0.15, 0.2) is 18.2 Å². The molecule has 8 nitrogen and oxygen atoms in total. The molecule has 156 valence electrons. The summed E-state index contributed by atoms with van der Waals surface area (Å²) in [6, 6.07) is 5.85. The first-order chi connectivity index (χ1) is 14.1. The van der Waals surface area contributed by atoms with E-state index in [2.05, 4.69) is 31.0 Å². The average molecular weight is 399 g/mol. The van der Waals surface area contributed by atoms with Gasteiger partial charge in [0.2, 0.25) is 5.91 Å². The van der Waals surface area contributed by atoms with Gasteiger partial charge < -0.3 is 19.4 Å². The molecular weight excluding hydrogens is 370 g/mol. The predicted octanol–water partition coefficient (Wildman–Crippen LogP) is 1.94. The molecule has 1 aromatic heterocycles. The molecule has 1 aliphatic carbocycles. The number of methoxy groups -OCH3 is 2. The van der Waals surface area contributed by atoms with E-state index in [1.165, 1.54) is 0 Å². The summed E-state index contributed by atoms with van der Waals surface area (Å²) in [5, 5.41) is 11.9. The van der Waals surface area contributed by atoms with E-state index in [0.717, 1.165) is 74.2 Å². The summed E-state index contributed by atoms with van der Waals surface area (Å²) in [4.78, 5) is 14.5. The fourth-order valence-corrected chi connectivity index (χ4v) is 3.93. The van der Waals surface area contributed by atoms with Gasteiger partial charge in [-0.3, -0.25) is 9.69 Å². The van der Waals surface area contributed by atoms with E-state index in [1.807, 2.05) is 19.1 Å². The van der Waals surface area contributed by atoms with Crippen LogP contribution in [0.25, 0.3) is 0 Å². The van der Waals surface area contributed by atoms with Crippen molar-refractivity contribution >= 4 is 5.91 Å². The number of aromatic nitrogens is 3. The maximum Gasteiger partial charge on any atom is 0.223 e. The number of rotatable bonds is 7. The Hall–Kier alpha value is -2.61. The molecule has 0 saturated heterocycles. The third-order valence-corrected chi connectivity index (χ3v) is 5.72. The summed E-state index contributed by atoms with van der Waals surface area (Å²) in [6.07, 6.45) is 2.82. The first-order valence-electron chi connectivity index (χ1n) is 10.2. The van der Waals surface area contributed by atoms with Crippen LogP contribution < -0.4 is 14.8 Å². The van der Waals surface area contributed by atoms with Crippen LogP contribution >= 0.6 is 0 Å². The highest BCUT2D eigenvalue weighted by Crippen LogP contribution is 2.32. The molecule has 1 amide bonds. The molecule has 0 bridgehead atoms. The van der Waals surface area contributed by atoms with Crippen molar-refractivity contribution in [2.45, 2.75) is 45.3 Å². The predicted molar refractivity (Wildman–Crippen MR) is 108 cm³/mol. The van der Waals surface area contributed by atoms with Gasteiger partial charge in [0.25, 0.3) is 0 Å². The molecule has 1 atom stereocenters. The number of fused-ring (bicyclic) bond motifs is 1. The normalized spacial score (nSPS) is 17.9. The molecule has 29 heavy (non-hydrogen) atoms. The minimum absolute atomic E-state index is 0.130. The Labute approximate surface area is 171 Å². The van der Waals surface area contributed by atoms with Crippen molar-refractivity contribution in [2.75, 3.05) is 27.3 Å². The Morgan fingerprint density at radius 2 is 2.03 bits per heavy atom. The Morgan fingerprint density at radius 1 is 1.21 bits per heavy atom. The second-order valence-electron chi connectivity index (χ2n) is 7.81. The van der Waals surface area contributed by atoms with Crippen molar-refractivity contribution in [3.8, 4) is 11.5 Å². The van der Waals surface area contributed by atoms with Crippen LogP contribution in [0.5, 0.6) is 11.5 Å². The van der Waals surface area contributed by atoms with Crippen molar-refractivity contribution in [3.05, 3.63) is 35.4 Å². The van der Waals surface area contributed by atoms with Crippen molar-refractivity contribution in [1.82, 2.24) is 25.0 Å². The molecule has 1 N–H and O–H groups in total. The van der Waals surface area contributed by atoms with E-state index in [4.69, 9.17) is 9.47 Å². The van der Waals surface area contributed by atoms with Crippen LogP contribution in [0, 0.1) is 5.92 Å². The summed E-state index contributed by atoms with van der Waals surface area (Å²) >= 11 is 0. The first-order valence-corrected chi connectivity index (χ1v) is 10.2. The molecule has 8 heteroatoms. The fourth-order valence-electron chi connectivity index (χ4n) is 3.93. The zero-order valence-electron chi connectivity index (χ0n) is 17.4. The Balaban J connectivity index is 1.44. The third kappa shape index (κ3) is 4.22.